The fraction of sp³-hybridized carbons (Fsp3) is 0.647. The van der Waals surface area contributed by atoms with Crippen LogP contribution >= 0.6 is 0 Å². The Balaban J connectivity index is 1.54. The Morgan fingerprint density at radius 3 is 2.50 bits per heavy atom. The number of piperazine rings is 1. The van der Waals surface area contributed by atoms with E-state index in [1.807, 2.05) is 17.3 Å². The van der Waals surface area contributed by atoms with Gasteiger partial charge in [-0.15, -0.1) is 0 Å². The average Bonchev–Trinajstić information content (AvgIpc) is 2.89. The second-order valence-electron chi connectivity index (χ2n) is 6.64. The topological polar surface area (TPSA) is 39.7 Å². The Labute approximate surface area is 132 Å². The van der Waals surface area contributed by atoms with Gasteiger partial charge in [-0.2, -0.15) is 0 Å². The molecule has 2 fully saturated rings. The molecule has 0 saturated carbocycles. The van der Waals surface area contributed by atoms with Crippen molar-refractivity contribution in [3.05, 3.63) is 30.1 Å². The minimum absolute atomic E-state index is 0.207. The third-order valence-corrected chi connectivity index (χ3v) is 5.03. The van der Waals surface area contributed by atoms with E-state index in [-0.39, 0.29) is 5.91 Å². The smallest absolute Gasteiger partial charge is 0.219 e. The molecule has 2 aliphatic rings. The van der Waals surface area contributed by atoms with Crippen LogP contribution in [0.25, 0.3) is 0 Å². The maximum Gasteiger partial charge on any atom is 0.219 e. The molecule has 0 radical (unpaired) electrons. The maximum atomic E-state index is 11.4. The Kier molecular flexibility index (Phi) is 4.74. The van der Waals surface area contributed by atoms with Crippen LogP contribution in [0.2, 0.25) is 0 Å². The Morgan fingerprint density at radius 2 is 1.86 bits per heavy atom. The van der Waals surface area contributed by atoms with Gasteiger partial charge in [-0.1, -0.05) is 6.92 Å². The third-order valence-electron chi connectivity index (χ3n) is 5.03. The summed E-state index contributed by atoms with van der Waals surface area (Å²) in [5.41, 5.74) is 1.34. The second kappa shape index (κ2) is 6.75. The predicted molar refractivity (Wildman–Crippen MR) is 86.3 cm³/mol. The van der Waals surface area contributed by atoms with E-state index in [0.29, 0.717) is 12.0 Å². The van der Waals surface area contributed by atoms with Crippen molar-refractivity contribution in [3.8, 4) is 0 Å². The van der Waals surface area contributed by atoms with Crippen LogP contribution in [0.5, 0.6) is 0 Å². The Morgan fingerprint density at radius 1 is 1.18 bits per heavy atom. The van der Waals surface area contributed by atoms with E-state index in [9.17, 15) is 4.79 Å². The standard InChI is InChI=1S/C17H26N4O/c1-14-11-19(12-16-3-5-18-6-4-16)13-17(14)21-9-7-20(8-10-21)15(2)22/h3-6,14,17H,7-13H2,1-2H3. The minimum Gasteiger partial charge on any atom is -0.340 e. The number of hydrogen-bond donors (Lipinski definition) is 0. The predicted octanol–water partition coefficient (Wildman–Crippen LogP) is 1.07. The first kappa shape index (κ1) is 15.4. The molecule has 1 aromatic heterocycles. The van der Waals surface area contributed by atoms with Gasteiger partial charge in [0.15, 0.2) is 0 Å². The highest BCUT2D eigenvalue weighted by atomic mass is 16.2. The molecule has 0 aliphatic carbocycles. The molecule has 2 unspecified atom stereocenters. The molecule has 5 heteroatoms. The van der Waals surface area contributed by atoms with Crippen LogP contribution in [0, 0.1) is 5.92 Å². The maximum absolute atomic E-state index is 11.4. The zero-order chi connectivity index (χ0) is 15.5. The van der Waals surface area contributed by atoms with E-state index >= 15 is 0 Å². The zero-order valence-corrected chi connectivity index (χ0v) is 13.6. The van der Waals surface area contributed by atoms with E-state index in [1.54, 1.807) is 6.92 Å². The largest absolute Gasteiger partial charge is 0.340 e. The number of rotatable bonds is 3. The highest BCUT2D eigenvalue weighted by Gasteiger charge is 2.35. The fourth-order valence-corrected chi connectivity index (χ4v) is 3.77. The first-order valence-electron chi connectivity index (χ1n) is 8.24. The first-order chi connectivity index (χ1) is 10.6. The quantitative estimate of drug-likeness (QED) is 0.837. The normalized spacial score (nSPS) is 27.3. The van der Waals surface area contributed by atoms with Gasteiger partial charge in [0.2, 0.25) is 5.91 Å². The SMILES string of the molecule is CC(=O)N1CCN(C2CN(Cc3ccncc3)CC2C)CC1. The summed E-state index contributed by atoms with van der Waals surface area (Å²) >= 11 is 0. The van der Waals surface area contributed by atoms with Crippen molar-refractivity contribution >= 4 is 5.91 Å². The molecule has 0 aromatic carbocycles. The molecule has 0 N–H and O–H groups in total. The molecular formula is C17H26N4O. The minimum atomic E-state index is 0.207. The molecule has 5 nitrogen and oxygen atoms in total. The summed E-state index contributed by atoms with van der Waals surface area (Å²) < 4.78 is 0. The van der Waals surface area contributed by atoms with Gasteiger partial charge in [0.25, 0.3) is 0 Å². The van der Waals surface area contributed by atoms with Crippen molar-refractivity contribution in [1.29, 1.82) is 0 Å². The highest BCUT2D eigenvalue weighted by molar-refractivity contribution is 5.73. The van der Waals surface area contributed by atoms with Gasteiger partial charge < -0.3 is 4.90 Å². The molecule has 120 valence electrons. The number of hydrogen-bond acceptors (Lipinski definition) is 4. The lowest BCUT2D eigenvalue weighted by Crippen LogP contribution is -2.53. The number of carbonyl (C=O) groups excluding carboxylic acids is 1. The van der Waals surface area contributed by atoms with Gasteiger partial charge in [-0.05, 0) is 23.6 Å². The fourth-order valence-electron chi connectivity index (χ4n) is 3.77. The van der Waals surface area contributed by atoms with E-state index < -0.39 is 0 Å². The molecular weight excluding hydrogens is 276 g/mol. The number of aromatic nitrogens is 1. The van der Waals surface area contributed by atoms with Crippen LogP contribution in [0.4, 0.5) is 0 Å². The summed E-state index contributed by atoms with van der Waals surface area (Å²) in [7, 11) is 0. The number of carbonyl (C=O) groups is 1. The molecule has 2 aliphatic heterocycles. The van der Waals surface area contributed by atoms with Gasteiger partial charge in [-0.3, -0.25) is 19.6 Å². The number of pyridine rings is 1. The van der Waals surface area contributed by atoms with Crippen molar-refractivity contribution in [1.82, 2.24) is 19.7 Å². The van der Waals surface area contributed by atoms with Crippen LogP contribution in [0.3, 0.4) is 0 Å². The molecule has 2 atom stereocenters. The van der Waals surface area contributed by atoms with Crippen molar-refractivity contribution in [2.45, 2.75) is 26.4 Å². The van der Waals surface area contributed by atoms with Gasteiger partial charge in [0.1, 0.15) is 0 Å². The number of likely N-dealkylation sites (tertiary alicyclic amines) is 1. The summed E-state index contributed by atoms with van der Waals surface area (Å²) in [5, 5.41) is 0. The number of nitrogens with zero attached hydrogens (tertiary/aromatic N) is 4. The van der Waals surface area contributed by atoms with Crippen molar-refractivity contribution in [2.75, 3.05) is 39.3 Å². The van der Waals surface area contributed by atoms with Crippen LogP contribution in [-0.2, 0) is 11.3 Å². The molecule has 1 aromatic rings. The summed E-state index contributed by atoms with van der Waals surface area (Å²) in [6.45, 7) is 11.1. The van der Waals surface area contributed by atoms with Gasteiger partial charge >= 0.3 is 0 Å². The molecule has 0 spiro atoms. The Hall–Kier alpha value is -1.46. The van der Waals surface area contributed by atoms with Crippen LogP contribution in [-0.4, -0.2) is 70.9 Å². The molecule has 3 rings (SSSR count). The van der Waals surface area contributed by atoms with E-state index in [2.05, 4.69) is 33.8 Å². The van der Waals surface area contributed by atoms with E-state index in [4.69, 9.17) is 0 Å². The van der Waals surface area contributed by atoms with E-state index in [1.165, 1.54) is 5.56 Å². The molecule has 1 amide bonds. The number of amides is 1. The molecule has 22 heavy (non-hydrogen) atoms. The molecule has 0 bridgehead atoms. The highest BCUT2D eigenvalue weighted by Crippen LogP contribution is 2.24. The van der Waals surface area contributed by atoms with Crippen molar-refractivity contribution in [2.24, 2.45) is 5.92 Å². The zero-order valence-electron chi connectivity index (χ0n) is 13.6. The van der Waals surface area contributed by atoms with Crippen LogP contribution in [0.1, 0.15) is 19.4 Å². The summed E-state index contributed by atoms with van der Waals surface area (Å²) in [6, 6.07) is 4.82. The second-order valence-corrected chi connectivity index (χ2v) is 6.64. The average molecular weight is 302 g/mol. The summed E-state index contributed by atoms with van der Waals surface area (Å²) in [6.07, 6.45) is 3.74. The first-order valence-corrected chi connectivity index (χ1v) is 8.24. The summed E-state index contributed by atoms with van der Waals surface area (Å²) in [4.78, 5) is 22.6. The van der Waals surface area contributed by atoms with E-state index in [0.717, 1.165) is 45.8 Å². The lowest BCUT2D eigenvalue weighted by molar-refractivity contribution is -0.130. The van der Waals surface area contributed by atoms with Crippen LogP contribution in [0.15, 0.2) is 24.5 Å². The van der Waals surface area contributed by atoms with Gasteiger partial charge in [0, 0.05) is 71.2 Å². The lowest BCUT2D eigenvalue weighted by atomic mass is 10.0. The van der Waals surface area contributed by atoms with Crippen molar-refractivity contribution in [3.63, 3.8) is 0 Å². The van der Waals surface area contributed by atoms with Crippen molar-refractivity contribution < 1.29 is 4.79 Å². The third kappa shape index (κ3) is 3.47. The monoisotopic (exact) mass is 302 g/mol. The Bertz CT molecular complexity index is 499. The summed E-state index contributed by atoms with van der Waals surface area (Å²) in [5.74, 6) is 0.893. The molecule has 3 heterocycles. The molecule has 2 saturated heterocycles. The lowest BCUT2D eigenvalue weighted by Gasteiger charge is -2.39. The van der Waals surface area contributed by atoms with Crippen LogP contribution < -0.4 is 0 Å². The van der Waals surface area contributed by atoms with Gasteiger partial charge in [-0.25, -0.2) is 0 Å². The van der Waals surface area contributed by atoms with Gasteiger partial charge in [0.05, 0.1) is 0 Å².